The monoisotopic (exact) mass is 377 g/mol. The number of nitrogens with one attached hydrogen (secondary N) is 1. The van der Waals surface area contributed by atoms with Crippen LogP contribution < -0.4 is 5.32 Å². The van der Waals surface area contributed by atoms with Crippen molar-refractivity contribution in [1.29, 1.82) is 0 Å². The summed E-state index contributed by atoms with van der Waals surface area (Å²) in [6.07, 6.45) is 6.51. The summed E-state index contributed by atoms with van der Waals surface area (Å²) in [6.45, 7) is 6.71. The fraction of sp³-hybridized carbons (Fsp3) is 0.700. The Hall–Kier alpha value is -1.40. The van der Waals surface area contributed by atoms with Crippen molar-refractivity contribution in [3.63, 3.8) is 0 Å². The van der Waals surface area contributed by atoms with Crippen molar-refractivity contribution in [1.82, 2.24) is 15.1 Å². The van der Waals surface area contributed by atoms with E-state index in [1.807, 2.05) is 22.4 Å². The Morgan fingerprint density at radius 3 is 2.69 bits per heavy atom. The molecule has 2 fully saturated rings. The van der Waals surface area contributed by atoms with E-state index in [2.05, 4.69) is 17.1 Å². The van der Waals surface area contributed by atoms with E-state index in [9.17, 15) is 9.59 Å². The van der Waals surface area contributed by atoms with Crippen molar-refractivity contribution in [3.8, 4) is 0 Å². The molecule has 1 aromatic rings. The second-order valence-electron chi connectivity index (χ2n) is 7.57. The number of carbonyl (C=O) groups is 2. The van der Waals surface area contributed by atoms with E-state index in [1.165, 1.54) is 37.1 Å². The van der Waals surface area contributed by atoms with Crippen LogP contribution >= 0.6 is 11.3 Å². The Morgan fingerprint density at radius 1 is 1.19 bits per heavy atom. The molecule has 1 aromatic heterocycles. The molecule has 5 nitrogen and oxygen atoms in total. The van der Waals surface area contributed by atoms with Gasteiger partial charge in [-0.3, -0.25) is 9.59 Å². The van der Waals surface area contributed by atoms with E-state index < -0.39 is 0 Å². The first-order valence-corrected chi connectivity index (χ1v) is 10.9. The summed E-state index contributed by atoms with van der Waals surface area (Å²) in [6, 6.07) is 4.46. The van der Waals surface area contributed by atoms with E-state index in [4.69, 9.17) is 0 Å². The van der Waals surface area contributed by atoms with Gasteiger partial charge in [-0.05, 0) is 57.0 Å². The van der Waals surface area contributed by atoms with Gasteiger partial charge in [-0.15, -0.1) is 11.3 Å². The van der Waals surface area contributed by atoms with E-state index in [-0.39, 0.29) is 17.7 Å². The van der Waals surface area contributed by atoms with E-state index in [1.54, 1.807) is 0 Å². The van der Waals surface area contributed by atoms with Gasteiger partial charge in [0.05, 0.1) is 4.88 Å². The normalized spacial score (nSPS) is 22.3. The third-order valence-corrected chi connectivity index (χ3v) is 6.60. The molecule has 0 spiro atoms. The Bertz CT molecular complexity index is 582. The quantitative estimate of drug-likeness (QED) is 0.776. The molecular formula is C20H31N3O2S. The number of carbonyl (C=O) groups excluding carboxylic acids is 2. The summed E-state index contributed by atoms with van der Waals surface area (Å²) in [4.78, 5) is 30.0. The van der Waals surface area contributed by atoms with Crippen molar-refractivity contribution in [3.05, 3.63) is 22.4 Å². The Labute approximate surface area is 160 Å². The number of amides is 2. The van der Waals surface area contributed by atoms with Gasteiger partial charge in [-0.2, -0.15) is 0 Å². The standard InChI is InChI=1S/C20H31N3O2S/c1-16-6-2-3-11-22(16)12-5-10-21-19(24)17-8-13-23(14-9-17)20(25)18-7-4-15-26-18/h4,7,15-17H,2-3,5-6,8-14H2,1H3,(H,21,24). The Balaban J connectivity index is 1.33. The lowest BCUT2D eigenvalue weighted by molar-refractivity contribution is -0.126. The smallest absolute Gasteiger partial charge is 0.263 e. The van der Waals surface area contributed by atoms with Crippen LogP contribution in [-0.4, -0.2) is 60.4 Å². The third-order valence-electron chi connectivity index (χ3n) is 5.75. The molecule has 2 amide bonds. The molecular weight excluding hydrogens is 346 g/mol. The fourth-order valence-corrected chi connectivity index (χ4v) is 4.72. The molecule has 0 bridgehead atoms. The summed E-state index contributed by atoms with van der Waals surface area (Å²) in [7, 11) is 0. The Kier molecular flexibility index (Phi) is 7.08. The molecule has 2 aliphatic rings. The minimum absolute atomic E-state index is 0.0521. The summed E-state index contributed by atoms with van der Waals surface area (Å²) >= 11 is 1.48. The summed E-state index contributed by atoms with van der Waals surface area (Å²) in [5.41, 5.74) is 0. The lowest BCUT2D eigenvalue weighted by Gasteiger charge is -2.33. The van der Waals surface area contributed by atoms with Gasteiger partial charge >= 0.3 is 0 Å². The van der Waals surface area contributed by atoms with Crippen LogP contribution in [0.5, 0.6) is 0 Å². The minimum Gasteiger partial charge on any atom is -0.356 e. The van der Waals surface area contributed by atoms with Crippen LogP contribution in [0.15, 0.2) is 17.5 Å². The van der Waals surface area contributed by atoms with Crippen LogP contribution in [0.1, 0.15) is 55.1 Å². The van der Waals surface area contributed by atoms with Crippen LogP contribution in [0, 0.1) is 5.92 Å². The maximum absolute atomic E-state index is 12.4. The van der Waals surface area contributed by atoms with E-state index in [0.717, 1.165) is 37.2 Å². The summed E-state index contributed by atoms with van der Waals surface area (Å²) < 4.78 is 0. The number of hydrogen-bond acceptors (Lipinski definition) is 4. The van der Waals surface area contributed by atoms with Crippen LogP contribution in [0.2, 0.25) is 0 Å². The number of likely N-dealkylation sites (tertiary alicyclic amines) is 2. The second kappa shape index (κ2) is 9.51. The molecule has 2 saturated heterocycles. The highest BCUT2D eigenvalue weighted by Crippen LogP contribution is 2.21. The molecule has 0 aliphatic carbocycles. The number of rotatable bonds is 6. The van der Waals surface area contributed by atoms with Gasteiger partial charge < -0.3 is 15.1 Å². The summed E-state index contributed by atoms with van der Waals surface area (Å²) in [5, 5.41) is 5.04. The van der Waals surface area contributed by atoms with Crippen LogP contribution in [0.25, 0.3) is 0 Å². The van der Waals surface area contributed by atoms with Gasteiger partial charge in [0.15, 0.2) is 0 Å². The fourth-order valence-electron chi connectivity index (χ4n) is 4.03. The van der Waals surface area contributed by atoms with Crippen LogP contribution in [-0.2, 0) is 4.79 Å². The van der Waals surface area contributed by atoms with Crippen molar-refractivity contribution in [2.24, 2.45) is 5.92 Å². The van der Waals surface area contributed by atoms with Crippen molar-refractivity contribution in [2.45, 2.75) is 51.5 Å². The second-order valence-corrected chi connectivity index (χ2v) is 8.52. The predicted molar refractivity (Wildman–Crippen MR) is 105 cm³/mol. The van der Waals surface area contributed by atoms with E-state index >= 15 is 0 Å². The Morgan fingerprint density at radius 2 is 2.00 bits per heavy atom. The maximum Gasteiger partial charge on any atom is 0.263 e. The molecule has 0 radical (unpaired) electrons. The van der Waals surface area contributed by atoms with Gasteiger partial charge in [-0.25, -0.2) is 0 Å². The lowest BCUT2D eigenvalue weighted by atomic mass is 9.95. The van der Waals surface area contributed by atoms with Crippen molar-refractivity contribution < 1.29 is 9.59 Å². The maximum atomic E-state index is 12.4. The van der Waals surface area contributed by atoms with Crippen LogP contribution in [0.3, 0.4) is 0 Å². The molecule has 26 heavy (non-hydrogen) atoms. The first-order valence-electron chi connectivity index (χ1n) is 9.99. The molecule has 3 heterocycles. The number of nitrogens with zero attached hydrogens (tertiary/aromatic N) is 2. The molecule has 1 unspecified atom stereocenters. The van der Waals surface area contributed by atoms with Gasteiger partial charge in [0.1, 0.15) is 0 Å². The average molecular weight is 378 g/mol. The minimum atomic E-state index is 0.0521. The molecule has 0 aromatic carbocycles. The topological polar surface area (TPSA) is 52.7 Å². The number of piperidine rings is 2. The lowest BCUT2D eigenvalue weighted by Crippen LogP contribution is -2.43. The summed E-state index contributed by atoms with van der Waals surface area (Å²) in [5.74, 6) is 0.325. The first-order chi connectivity index (χ1) is 12.6. The number of hydrogen-bond donors (Lipinski definition) is 1. The van der Waals surface area contributed by atoms with Crippen molar-refractivity contribution >= 4 is 23.2 Å². The van der Waals surface area contributed by atoms with Crippen molar-refractivity contribution in [2.75, 3.05) is 32.7 Å². The predicted octanol–water partition coefficient (Wildman–Crippen LogP) is 2.98. The highest BCUT2D eigenvalue weighted by atomic mass is 32.1. The van der Waals surface area contributed by atoms with Gasteiger partial charge in [0.25, 0.3) is 5.91 Å². The van der Waals surface area contributed by atoms with Gasteiger partial charge in [-0.1, -0.05) is 12.5 Å². The third kappa shape index (κ3) is 5.07. The molecule has 1 atom stereocenters. The molecule has 0 saturated carbocycles. The molecule has 144 valence electrons. The highest BCUT2D eigenvalue weighted by molar-refractivity contribution is 7.12. The highest BCUT2D eigenvalue weighted by Gasteiger charge is 2.28. The SMILES string of the molecule is CC1CCCCN1CCCNC(=O)C1CCN(C(=O)c2cccs2)CC1. The first kappa shape index (κ1) is 19.4. The average Bonchev–Trinajstić information content (AvgIpc) is 3.20. The van der Waals surface area contributed by atoms with Crippen LogP contribution in [0.4, 0.5) is 0 Å². The molecule has 2 aliphatic heterocycles. The molecule has 3 rings (SSSR count). The zero-order valence-corrected chi connectivity index (χ0v) is 16.6. The molecule has 1 N–H and O–H groups in total. The van der Waals surface area contributed by atoms with E-state index in [0.29, 0.717) is 19.1 Å². The van der Waals surface area contributed by atoms with Gasteiger partial charge in [0, 0.05) is 38.1 Å². The molecule has 6 heteroatoms. The van der Waals surface area contributed by atoms with Gasteiger partial charge in [0.2, 0.25) is 5.91 Å². The number of thiophene rings is 1. The zero-order chi connectivity index (χ0) is 18.4. The zero-order valence-electron chi connectivity index (χ0n) is 15.8. The largest absolute Gasteiger partial charge is 0.356 e.